The summed E-state index contributed by atoms with van der Waals surface area (Å²) in [5.74, 6) is -0.234. The summed E-state index contributed by atoms with van der Waals surface area (Å²) in [7, 11) is 0. The summed E-state index contributed by atoms with van der Waals surface area (Å²) >= 11 is 1.01. The van der Waals surface area contributed by atoms with Crippen LogP contribution in [0.2, 0.25) is 0 Å². The standard InChI is InChI=1S/C17H17N3O2S/c1-12-8-10-13(11-9-12)15(21)19-16(20-17(22)23-2)18-14-6-4-3-5-7-14/h3-11H,1-2H3,(H2,18,19,20,21,22). The number of hydrogen-bond acceptors (Lipinski definition) is 4. The van der Waals surface area contributed by atoms with E-state index in [0.717, 1.165) is 17.3 Å². The Balaban J connectivity index is 2.20. The molecule has 2 aromatic carbocycles. The number of para-hydroxylation sites is 1. The second-order valence-corrected chi connectivity index (χ2v) is 5.51. The van der Waals surface area contributed by atoms with Crippen molar-refractivity contribution in [2.45, 2.75) is 6.92 Å². The lowest BCUT2D eigenvalue weighted by molar-refractivity contribution is 0.0976. The summed E-state index contributed by atoms with van der Waals surface area (Å²) in [4.78, 5) is 28.1. The first-order valence-corrected chi connectivity index (χ1v) is 8.17. The molecule has 2 N–H and O–H groups in total. The number of nitrogens with one attached hydrogen (secondary N) is 2. The van der Waals surface area contributed by atoms with Crippen molar-refractivity contribution in [2.75, 3.05) is 6.26 Å². The quantitative estimate of drug-likeness (QED) is 0.655. The van der Waals surface area contributed by atoms with Crippen LogP contribution in [0, 0.1) is 6.92 Å². The number of carbonyl (C=O) groups is 2. The van der Waals surface area contributed by atoms with Crippen LogP contribution >= 0.6 is 11.8 Å². The number of amides is 2. The Morgan fingerprint density at radius 1 is 0.957 bits per heavy atom. The molecule has 2 amide bonds. The van der Waals surface area contributed by atoms with Gasteiger partial charge < -0.3 is 0 Å². The monoisotopic (exact) mass is 327 g/mol. The molecule has 0 aromatic heterocycles. The van der Waals surface area contributed by atoms with Crippen molar-refractivity contribution < 1.29 is 9.59 Å². The number of guanidine groups is 1. The molecule has 6 heteroatoms. The highest BCUT2D eigenvalue weighted by atomic mass is 32.2. The summed E-state index contributed by atoms with van der Waals surface area (Å²) in [6, 6.07) is 16.2. The van der Waals surface area contributed by atoms with Gasteiger partial charge in [-0.15, -0.1) is 0 Å². The zero-order valence-electron chi connectivity index (χ0n) is 12.9. The van der Waals surface area contributed by atoms with Gasteiger partial charge in [-0.3, -0.25) is 20.2 Å². The summed E-state index contributed by atoms with van der Waals surface area (Å²) < 4.78 is 0. The van der Waals surface area contributed by atoms with E-state index in [1.807, 2.05) is 37.3 Å². The van der Waals surface area contributed by atoms with E-state index in [2.05, 4.69) is 15.6 Å². The van der Waals surface area contributed by atoms with Crippen molar-refractivity contribution in [1.82, 2.24) is 10.6 Å². The molecule has 0 spiro atoms. The molecule has 23 heavy (non-hydrogen) atoms. The lowest BCUT2D eigenvalue weighted by Crippen LogP contribution is -2.42. The number of carbonyl (C=O) groups excluding carboxylic acids is 2. The third-order valence-electron chi connectivity index (χ3n) is 2.95. The predicted molar refractivity (Wildman–Crippen MR) is 94.2 cm³/mol. The second-order valence-electron chi connectivity index (χ2n) is 4.73. The molecule has 118 valence electrons. The molecule has 0 saturated heterocycles. The number of rotatable bonds is 2. The largest absolute Gasteiger partial charge is 0.292 e. The van der Waals surface area contributed by atoms with Crippen LogP contribution in [0.1, 0.15) is 15.9 Å². The Hall–Kier alpha value is -2.60. The van der Waals surface area contributed by atoms with E-state index >= 15 is 0 Å². The van der Waals surface area contributed by atoms with Gasteiger partial charge in [0.1, 0.15) is 0 Å². The number of aryl methyl sites for hydroxylation is 1. The smallest absolute Gasteiger partial charge is 0.285 e. The van der Waals surface area contributed by atoms with Gasteiger partial charge in [0.05, 0.1) is 5.69 Å². The average molecular weight is 327 g/mol. The SMILES string of the molecule is CSC(=O)NC(=Nc1ccccc1)NC(=O)c1ccc(C)cc1. The highest BCUT2D eigenvalue weighted by molar-refractivity contribution is 8.13. The zero-order chi connectivity index (χ0) is 16.7. The third kappa shape index (κ3) is 5.27. The third-order valence-corrected chi connectivity index (χ3v) is 3.42. The maximum atomic E-state index is 12.3. The van der Waals surface area contributed by atoms with Crippen LogP contribution in [-0.2, 0) is 0 Å². The minimum atomic E-state index is -0.332. The number of benzene rings is 2. The van der Waals surface area contributed by atoms with E-state index in [1.165, 1.54) is 0 Å². The van der Waals surface area contributed by atoms with E-state index in [4.69, 9.17) is 0 Å². The first kappa shape index (κ1) is 16.8. The Bertz CT molecular complexity index is 712. The molecule has 0 aliphatic heterocycles. The van der Waals surface area contributed by atoms with Crippen molar-refractivity contribution in [2.24, 2.45) is 4.99 Å². The summed E-state index contributed by atoms with van der Waals surface area (Å²) in [5.41, 5.74) is 2.19. The fraction of sp³-hybridized carbons (Fsp3) is 0.118. The van der Waals surface area contributed by atoms with Crippen LogP contribution in [-0.4, -0.2) is 23.4 Å². The summed E-state index contributed by atoms with van der Waals surface area (Å²) in [5, 5.41) is 4.90. The molecular formula is C17H17N3O2S. The molecule has 0 radical (unpaired) electrons. The van der Waals surface area contributed by atoms with Gasteiger partial charge in [0, 0.05) is 5.56 Å². The lowest BCUT2D eigenvalue weighted by Gasteiger charge is -2.10. The molecule has 2 rings (SSSR count). The van der Waals surface area contributed by atoms with Crippen LogP contribution in [0.4, 0.5) is 10.5 Å². The van der Waals surface area contributed by atoms with Crippen LogP contribution < -0.4 is 10.6 Å². The first-order valence-electron chi connectivity index (χ1n) is 6.95. The van der Waals surface area contributed by atoms with Crippen molar-refractivity contribution in [3.63, 3.8) is 0 Å². The molecule has 0 bridgehead atoms. The summed E-state index contributed by atoms with van der Waals surface area (Å²) in [6.07, 6.45) is 1.65. The maximum absolute atomic E-state index is 12.3. The average Bonchev–Trinajstić information content (AvgIpc) is 2.56. The van der Waals surface area contributed by atoms with E-state index in [0.29, 0.717) is 11.3 Å². The van der Waals surface area contributed by atoms with E-state index < -0.39 is 0 Å². The Labute approximate surface area is 139 Å². The predicted octanol–water partition coefficient (Wildman–Crippen LogP) is 3.49. The minimum absolute atomic E-state index is 0.0983. The summed E-state index contributed by atoms with van der Waals surface area (Å²) in [6.45, 7) is 1.95. The normalized spacial score (nSPS) is 11.0. The van der Waals surface area contributed by atoms with Crippen molar-refractivity contribution >= 4 is 34.6 Å². The number of thioether (sulfide) groups is 1. The Morgan fingerprint density at radius 3 is 2.22 bits per heavy atom. The molecule has 0 unspecified atom stereocenters. The first-order chi connectivity index (χ1) is 11.1. The molecule has 0 atom stereocenters. The van der Waals surface area contributed by atoms with Crippen LogP contribution in [0.3, 0.4) is 0 Å². The van der Waals surface area contributed by atoms with E-state index in [-0.39, 0.29) is 17.1 Å². The topological polar surface area (TPSA) is 70.6 Å². The van der Waals surface area contributed by atoms with Crippen LogP contribution in [0.25, 0.3) is 0 Å². The van der Waals surface area contributed by atoms with Crippen molar-refractivity contribution in [1.29, 1.82) is 0 Å². The van der Waals surface area contributed by atoms with Gasteiger partial charge >= 0.3 is 0 Å². The zero-order valence-corrected chi connectivity index (χ0v) is 13.7. The van der Waals surface area contributed by atoms with Gasteiger partial charge in [0.25, 0.3) is 11.1 Å². The van der Waals surface area contributed by atoms with Gasteiger partial charge in [0.15, 0.2) is 0 Å². The van der Waals surface area contributed by atoms with Gasteiger partial charge in [0.2, 0.25) is 5.96 Å². The fourth-order valence-electron chi connectivity index (χ4n) is 1.75. The molecular weight excluding hydrogens is 310 g/mol. The highest BCUT2D eigenvalue weighted by Gasteiger charge is 2.11. The number of hydrogen-bond donors (Lipinski definition) is 2. The van der Waals surface area contributed by atoms with E-state index in [9.17, 15) is 9.59 Å². The van der Waals surface area contributed by atoms with Crippen LogP contribution in [0.5, 0.6) is 0 Å². The molecule has 0 heterocycles. The fourth-order valence-corrected chi connectivity index (χ4v) is 1.95. The van der Waals surface area contributed by atoms with Crippen molar-refractivity contribution in [3.8, 4) is 0 Å². The van der Waals surface area contributed by atoms with Gasteiger partial charge in [-0.2, -0.15) is 0 Å². The minimum Gasteiger partial charge on any atom is -0.292 e. The maximum Gasteiger partial charge on any atom is 0.285 e. The lowest BCUT2D eigenvalue weighted by atomic mass is 10.1. The van der Waals surface area contributed by atoms with Gasteiger partial charge in [-0.05, 0) is 37.4 Å². The molecule has 0 aliphatic rings. The molecule has 5 nitrogen and oxygen atoms in total. The molecule has 0 saturated carbocycles. The molecule has 0 aliphatic carbocycles. The molecule has 0 fully saturated rings. The van der Waals surface area contributed by atoms with Crippen LogP contribution in [0.15, 0.2) is 59.6 Å². The van der Waals surface area contributed by atoms with E-state index in [1.54, 1.807) is 30.5 Å². The second kappa shape index (κ2) is 8.14. The molecule has 2 aromatic rings. The number of aliphatic imine (C=N–C) groups is 1. The Morgan fingerprint density at radius 2 is 1.61 bits per heavy atom. The van der Waals surface area contributed by atoms with Gasteiger partial charge in [-0.1, -0.05) is 47.7 Å². The van der Waals surface area contributed by atoms with Gasteiger partial charge in [-0.25, -0.2) is 4.99 Å². The highest BCUT2D eigenvalue weighted by Crippen LogP contribution is 2.10. The number of nitrogens with zero attached hydrogens (tertiary/aromatic N) is 1. The Kier molecular flexibility index (Phi) is 5.94. The van der Waals surface area contributed by atoms with Crippen molar-refractivity contribution in [3.05, 3.63) is 65.7 Å².